The number of carbonyl (C=O) groups excluding carboxylic acids is 2. The summed E-state index contributed by atoms with van der Waals surface area (Å²) in [5.74, 6) is 2.23. The highest BCUT2D eigenvalue weighted by molar-refractivity contribution is 5.94. The van der Waals surface area contributed by atoms with Crippen LogP contribution in [-0.4, -0.2) is 70.8 Å². The number of anilines is 1. The summed E-state index contributed by atoms with van der Waals surface area (Å²) in [5, 5.41) is 7.44. The van der Waals surface area contributed by atoms with Crippen LogP contribution in [0.5, 0.6) is 5.75 Å². The predicted octanol–water partition coefficient (Wildman–Crippen LogP) is 6.62. The van der Waals surface area contributed by atoms with Crippen LogP contribution >= 0.6 is 0 Å². The first kappa shape index (κ1) is 33.9. The summed E-state index contributed by atoms with van der Waals surface area (Å²) in [5.41, 5.74) is 4.04. The van der Waals surface area contributed by atoms with Crippen molar-refractivity contribution in [2.45, 2.75) is 103 Å². The number of hydrogen-bond acceptors (Lipinski definition) is 8. The van der Waals surface area contributed by atoms with E-state index in [0.717, 1.165) is 60.4 Å². The summed E-state index contributed by atoms with van der Waals surface area (Å²) in [4.78, 5) is 38.4. The average Bonchev–Trinajstić information content (AvgIpc) is 3.81. The normalized spacial score (nSPS) is 24.3. The van der Waals surface area contributed by atoms with Gasteiger partial charge in [0, 0.05) is 54.7 Å². The topological polar surface area (TPSA) is 121 Å². The van der Waals surface area contributed by atoms with Gasteiger partial charge in [-0.15, -0.1) is 0 Å². The Kier molecular flexibility index (Phi) is 10.9. The lowest BCUT2D eigenvalue weighted by Crippen LogP contribution is -2.43. The Morgan fingerprint density at radius 1 is 1.04 bits per heavy atom. The molecule has 0 spiro atoms. The van der Waals surface area contributed by atoms with E-state index in [9.17, 15) is 9.59 Å². The molecule has 11 heteroatoms. The number of alkyl carbamates (subject to hydrolysis) is 1. The van der Waals surface area contributed by atoms with Gasteiger partial charge in [0.25, 0.3) is 0 Å². The molecule has 0 radical (unpaired) electrons. The van der Waals surface area contributed by atoms with Gasteiger partial charge in [-0.25, -0.2) is 9.78 Å². The number of carbonyl (C=O) groups is 2. The Balaban J connectivity index is 1.14. The standard InChI is InChI=1S/C37H50N6O5/c1-24(2)43-22-30(20-39-43)29-15-17-38-35(19-29)42(21-26-5-7-27(8-6-26)33-13-14-34(46-4)25(3)40-33)36(44)28-9-11-32(12-10-28)48-37(45)41-31-16-18-47-23-31/h13-15,17,19-20,22,24,26-28,31-32H,5-12,16,18,21,23H2,1-4H3,(H,41,45). The molecule has 2 aliphatic carbocycles. The molecule has 2 saturated carbocycles. The third-order valence-corrected chi connectivity index (χ3v) is 10.3. The number of rotatable bonds is 10. The average molecular weight is 659 g/mol. The van der Waals surface area contributed by atoms with Crippen LogP contribution in [0.1, 0.15) is 95.0 Å². The molecule has 3 aromatic heterocycles. The number of aryl methyl sites for hydroxylation is 1. The number of pyridine rings is 2. The molecular weight excluding hydrogens is 608 g/mol. The quantitative estimate of drug-likeness (QED) is 0.258. The molecule has 6 rings (SSSR count). The largest absolute Gasteiger partial charge is 0.495 e. The van der Waals surface area contributed by atoms with E-state index in [0.29, 0.717) is 63.1 Å². The third-order valence-electron chi connectivity index (χ3n) is 10.3. The van der Waals surface area contributed by atoms with E-state index < -0.39 is 0 Å². The number of ether oxygens (including phenoxy) is 3. The first-order valence-electron chi connectivity index (χ1n) is 17.7. The molecule has 1 saturated heterocycles. The van der Waals surface area contributed by atoms with E-state index in [1.807, 2.05) is 47.1 Å². The minimum absolute atomic E-state index is 0.0126. The lowest BCUT2D eigenvalue weighted by Gasteiger charge is -2.35. The van der Waals surface area contributed by atoms with E-state index in [-0.39, 0.29) is 36.1 Å². The van der Waals surface area contributed by atoms with Crippen LogP contribution in [-0.2, 0) is 14.3 Å². The summed E-state index contributed by atoms with van der Waals surface area (Å²) < 4.78 is 18.4. The highest BCUT2D eigenvalue weighted by Gasteiger charge is 2.35. The van der Waals surface area contributed by atoms with Crippen molar-refractivity contribution >= 4 is 17.8 Å². The van der Waals surface area contributed by atoms with Gasteiger partial charge < -0.3 is 19.5 Å². The molecule has 3 aliphatic rings. The molecule has 2 amide bonds. The van der Waals surface area contributed by atoms with Crippen LogP contribution in [0.2, 0.25) is 0 Å². The van der Waals surface area contributed by atoms with Crippen molar-refractivity contribution in [3.63, 3.8) is 0 Å². The second kappa shape index (κ2) is 15.5. The van der Waals surface area contributed by atoms with Crippen LogP contribution in [0.25, 0.3) is 11.1 Å². The fourth-order valence-electron chi connectivity index (χ4n) is 7.37. The lowest BCUT2D eigenvalue weighted by molar-refractivity contribution is -0.124. The lowest BCUT2D eigenvalue weighted by atomic mass is 9.79. The highest BCUT2D eigenvalue weighted by Crippen LogP contribution is 2.38. The summed E-state index contributed by atoms with van der Waals surface area (Å²) >= 11 is 0. The van der Waals surface area contributed by atoms with E-state index in [2.05, 4.69) is 30.3 Å². The van der Waals surface area contributed by atoms with Gasteiger partial charge >= 0.3 is 6.09 Å². The zero-order valence-corrected chi connectivity index (χ0v) is 28.8. The molecule has 1 N–H and O–H groups in total. The fraction of sp³-hybridized carbons (Fsp3) is 0.595. The van der Waals surface area contributed by atoms with Crippen molar-refractivity contribution in [3.05, 3.63) is 54.2 Å². The van der Waals surface area contributed by atoms with Crippen molar-refractivity contribution in [1.29, 1.82) is 0 Å². The smallest absolute Gasteiger partial charge is 0.407 e. The van der Waals surface area contributed by atoms with Crippen LogP contribution < -0.4 is 15.0 Å². The van der Waals surface area contributed by atoms with Gasteiger partial charge in [0.15, 0.2) is 0 Å². The van der Waals surface area contributed by atoms with Crippen molar-refractivity contribution in [1.82, 2.24) is 25.1 Å². The fourth-order valence-corrected chi connectivity index (χ4v) is 7.37. The number of methoxy groups -OCH3 is 1. The Bertz CT molecular complexity index is 1540. The summed E-state index contributed by atoms with van der Waals surface area (Å²) in [6.07, 6.45) is 12.7. The Morgan fingerprint density at radius 3 is 2.50 bits per heavy atom. The minimum atomic E-state index is -0.390. The molecule has 4 heterocycles. The molecule has 11 nitrogen and oxygen atoms in total. The van der Waals surface area contributed by atoms with Crippen LogP contribution in [0.3, 0.4) is 0 Å². The Hall–Kier alpha value is -3.99. The van der Waals surface area contributed by atoms with E-state index in [1.165, 1.54) is 0 Å². The van der Waals surface area contributed by atoms with Gasteiger partial charge in [-0.3, -0.25) is 19.4 Å². The van der Waals surface area contributed by atoms with Crippen LogP contribution in [0.15, 0.2) is 42.9 Å². The van der Waals surface area contributed by atoms with E-state index in [1.54, 1.807) is 13.3 Å². The predicted molar refractivity (Wildman–Crippen MR) is 183 cm³/mol. The zero-order chi connectivity index (χ0) is 33.6. The van der Waals surface area contributed by atoms with Crippen molar-refractivity contribution in [2.24, 2.45) is 11.8 Å². The van der Waals surface area contributed by atoms with Gasteiger partial charge in [0.2, 0.25) is 5.91 Å². The molecule has 48 heavy (non-hydrogen) atoms. The maximum absolute atomic E-state index is 14.4. The maximum atomic E-state index is 14.4. The number of nitrogens with one attached hydrogen (secondary N) is 1. The summed E-state index contributed by atoms with van der Waals surface area (Å²) in [6, 6.07) is 8.39. The first-order valence-corrected chi connectivity index (χ1v) is 17.7. The number of hydrogen-bond donors (Lipinski definition) is 1. The molecule has 0 aromatic carbocycles. The van der Waals surface area contributed by atoms with Crippen molar-refractivity contribution in [3.8, 4) is 16.9 Å². The first-order chi connectivity index (χ1) is 23.3. The molecule has 3 aromatic rings. The van der Waals surface area contributed by atoms with Gasteiger partial charge in [0.05, 0.1) is 31.6 Å². The van der Waals surface area contributed by atoms with Crippen LogP contribution in [0.4, 0.5) is 10.6 Å². The highest BCUT2D eigenvalue weighted by atomic mass is 16.6. The number of amides is 2. The summed E-state index contributed by atoms with van der Waals surface area (Å²) in [7, 11) is 1.68. The van der Waals surface area contributed by atoms with Crippen molar-refractivity contribution in [2.75, 3.05) is 31.8 Å². The SMILES string of the molecule is COc1ccc(C2CCC(CN(C(=O)C3CCC(OC(=O)NC4CCOC4)CC3)c3cc(-c4cnn(C(C)C)c4)ccn3)CC2)nc1C. The molecule has 1 atom stereocenters. The van der Waals surface area contributed by atoms with Gasteiger partial charge in [-0.1, -0.05) is 0 Å². The van der Waals surface area contributed by atoms with E-state index in [4.69, 9.17) is 24.2 Å². The second-order valence-corrected chi connectivity index (χ2v) is 14.0. The number of aromatic nitrogens is 4. The Labute approximate surface area is 283 Å². The monoisotopic (exact) mass is 658 g/mol. The zero-order valence-electron chi connectivity index (χ0n) is 28.8. The summed E-state index contributed by atoms with van der Waals surface area (Å²) in [6.45, 7) is 8.02. The van der Waals surface area contributed by atoms with E-state index >= 15 is 0 Å². The maximum Gasteiger partial charge on any atom is 0.407 e. The molecule has 258 valence electrons. The molecular formula is C37H50N6O5. The number of nitrogens with zero attached hydrogens (tertiary/aromatic N) is 5. The van der Waals surface area contributed by atoms with Gasteiger partial charge in [-0.2, -0.15) is 5.10 Å². The molecule has 1 aliphatic heterocycles. The Morgan fingerprint density at radius 2 is 1.83 bits per heavy atom. The van der Waals surface area contributed by atoms with Gasteiger partial charge in [-0.05, 0) is 114 Å². The molecule has 3 fully saturated rings. The minimum Gasteiger partial charge on any atom is -0.495 e. The van der Waals surface area contributed by atoms with Gasteiger partial charge in [0.1, 0.15) is 17.7 Å². The molecule has 1 unspecified atom stereocenters. The third kappa shape index (κ3) is 8.17. The van der Waals surface area contributed by atoms with Crippen molar-refractivity contribution < 1.29 is 23.8 Å². The van der Waals surface area contributed by atoms with Crippen LogP contribution in [0, 0.1) is 18.8 Å². The second-order valence-electron chi connectivity index (χ2n) is 14.0. The molecule has 0 bridgehead atoms.